The van der Waals surface area contributed by atoms with Gasteiger partial charge in [-0.05, 0) is 35.7 Å². The van der Waals surface area contributed by atoms with Crippen molar-refractivity contribution >= 4 is 44.1 Å². The Bertz CT molecular complexity index is 651. The highest BCUT2D eigenvalue weighted by molar-refractivity contribution is 9.10. The SMILES string of the molecule is CC(CC(=O)Nc1ccc(C(=O)O)s1)c1ccc(Br)cc1. The number of aromatic carboxylic acids is 1. The molecule has 0 saturated heterocycles. The number of carboxylic acids is 1. The maximum absolute atomic E-state index is 12.0. The van der Waals surface area contributed by atoms with Crippen molar-refractivity contribution < 1.29 is 14.7 Å². The first-order valence-electron chi connectivity index (χ1n) is 6.34. The molecule has 21 heavy (non-hydrogen) atoms. The van der Waals surface area contributed by atoms with Crippen LogP contribution in [0.5, 0.6) is 0 Å². The zero-order chi connectivity index (χ0) is 15.4. The molecule has 1 amide bonds. The van der Waals surface area contributed by atoms with Crippen molar-refractivity contribution in [3.63, 3.8) is 0 Å². The predicted octanol–water partition coefficient (Wildman–Crippen LogP) is 4.34. The number of hydrogen-bond acceptors (Lipinski definition) is 3. The van der Waals surface area contributed by atoms with E-state index in [4.69, 9.17) is 5.11 Å². The topological polar surface area (TPSA) is 66.4 Å². The number of nitrogens with one attached hydrogen (secondary N) is 1. The van der Waals surface area contributed by atoms with Gasteiger partial charge in [0.1, 0.15) is 4.88 Å². The number of hydrogen-bond donors (Lipinski definition) is 2. The second-order valence-electron chi connectivity index (χ2n) is 4.67. The van der Waals surface area contributed by atoms with Gasteiger partial charge in [-0.25, -0.2) is 4.79 Å². The molecule has 0 spiro atoms. The van der Waals surface area contributed by atoms with Gasteiger partial charge in [-0.3, -0.25) is 4.79 Å². The number of amides is 1. The lowest BCUT2D eigenvalue weighted by molar-refractivity contribution is -0.116. The van der Waals surface area contributed by atoms with Crippen LogP contribution >= 0.6 is 27.3 Å². The van der Waals surface area contributed by atoms with Crippen LogP contribution in [-0.2, 0) is 4.79 Å². The molecule has 1 unspecified atom stereocenters. The lowest BCUT2D eigenvalue weighted by Crippen LogP contribution is -2.13. The minimum atomic E-state index is -0.983. The average Bonchev–Trinajstić information content (AvgIpc) is 2.87. The number of benzene rings is 1. The van der Waals surface area contributed by atoms with Crippen molar-refractivity contribution in [2.45, 2.75) is 19.3 Å². The van der Waals surface area contributed by atoms with Gasteiger partial charge >= 0.3 is 5.97 Å². The zero-order valence-electron chi connectivity index (χ0n) is 11.3. The van der Waals surface area contributed by atoms with Crippen LogP contribution < -0.4 is 5.32 Å². The highest BCUT2D eigenvalue weighted by atomic mass is 79.9. The second kappa shape index (κ2) is 6.87. The highest BCUT2D eigenvalue weighted by Gasteiger charge is 2.13. The molecule has 0 radical (unpaired) electrons. The van der Waals surface area contributed by atoms with Gasteiger partial charge in [0.15, 0.2) is 0 Å². The summed E-state index contributed by atoms with van der Waals surface area (Å²) in [7, 11) is 0. The Hall–Kier alpha value is -1.66. The van der Waals surface area contributed by atoms with Crippen LogP contribution in [0.4, 0.5) is 5.00 Å². The molecule has 1 heterocycles. The molecule has 110 valence electrons. The van der Waals surface area contributed by atoms with Crippen LogP contribution in [0.25, 0.3) is 0 Å². The minimum absolute atomic E-state index is 0.0945. The summed E-state index contributed by atoms with van der Waals surface area (Å²) in [4.78, 5) is 23.0. The first-order chi connectivity index (χ1) is 9.95. The van der Waals surface area contributed by atoms with Gasteiger partial charge in [0.25, 0.3) is 0 Å². The summed E-state index contributed by atoms with van der Waals surface area (Å²) in [6, 6.07) is 11.0. The van der Waals surface area contributed by atoms with Crippen molar-refractivity contribution in [1.29, 1.82) is 0 Å². The van der Waals surface area contributed by atoms with Crippen LogP contribution in [0, 0.1) is 0 Å². The Morgan fingerprint density at radius 2 is 1.90 bits per heavy atom. The van der Waals surface area contributed by atoms with Crippen molar-refractivity contribution in [2.24, 2.45) is 0 Å². The summed E-state index contributed by atoms with van der Waals surface area (Å²) in [5.74, 6) is -1.01. The monoisotopic (exact) mass is 367 g/mol. The fraction of sp³-hybridized carbons (Fsp3) is 0.200. The van der Waals surface area contributed by atoms with Crippen molar-refractivity contribution in [2.75, 3.05) is 5.32 Å². The number of carboxylic acid groups (broad SMARTS) is 1. The fourth-order valence-electron chi connectivity index (χ4n) is 1.90. The van der Waals surface area contributed by atoms with E-state index in [1.165, 1.54) is 6.07 Å². The van der Waals surface area contributed by atoms with E-state index in [1.54, 1.807) is 6.07 Å². The molecule has 1 atom stereocenters. The van der Waals surface area contributed by atoms with Crippen LogP contribution in [-0.4, -0.2) is 17.0 Å². The predicted molar refractivity (Wildman–Crippen MR) is 87.1 cm³/mol. The Kier molecular flexibility index (Phi) is 5.14. The number of carbonyl (C=O) groups is 2. The van der Waals surface area contributed by atoms with E-state index >= 15 is 0 Å². The molecule has 2 aromatic rings. The van der Waals surface area contributed by atoms with Gasteiger partial charge in [-0.1, -0.05) is 35.0 Å². The molecule has 0 bridgehead atoms. The van der Waals surface area contributed by atoms with Crippen molar-refractivity contribution in [1.82, 2.24) is 0 Å². The maximum Gasteiger partial charge on any atom is 0.345 e. The Balaban J connectivity index is 1.94. The number of halogens is 1. The third-order valence-electron chi connectivity index (χ3n) is 3.01. The summed E-state index contributed by atoms with van der Waals surface area (Å²) in [6.45, 7) is 1.99. The van der Waals surface area contributed by atoms with Crippen LogP contribution in [0.15, 0.2) is 40.9 Å². The Morgan fingerprint density at radius 3 is 2.48 bits per heavy atom. The quantitative estimate of drug-likeness (QED) is 0.825. The lowest BCUT2D eigenvalue weighted by atomic mass is 9.98. The van der Waals surface area contributed by atoms with E-state index in [0.717, 1.165) is 21.4 Å². The number of thiophene rings is 1. The molecule has 0 aliphatic rings. The van der Waals surface area contributed by atoms with E-state index in [-0.39, 0.29) is 16.7 Å². The van der Waals surface area contributed by atoms with E-state index in [0.29, 0.717) is 11.4 Å². The Morgan fingerprint density at radius 1 is 1.24 bits per heavy atom. The largest absolute Gasteiger partial charge is 0.477 e. The van der Waals surface area contributed by atoms with Gasteiger partial charge in [0.2, 0.25) is 5.91 Å². The summed E-state index contributed by atoms with van der Waals surface area (Å²) in [6.07, 6.45) is 0.349. The fourth-order valence-corrected chi connectivity index (χ4v) is 2.92. The van der Waals surface area contributed by atoms with E-state index in [2.05, 4.69) is 21.2 Å². The van der Waals surface area contributed by atoms with E-state index in [1.807, 2.05) is 31.2 Å². The Labute approximate surface area is 134 Å². The summed E-state index contributed by atoms with van der Waals surface area (Å²) >= 11 is 4.43. The van der Waals surface area contributed by atoms with E-state index < -0.39 is 5.97 Å². The molecule has 0 saturated carbocycles. The normalized spacial score (nSPS) is 11.9. The third-order valence-corrected chi connectivity index (χ3v) is 4.53. The lowest BCUT2D eigenvalue weighted by Gasteiger charge is -2.11. The molecule has 2 rings (SSSR count). The molecule has 1 aromatic carbocycles. The van der Waals surface area contributed by atoms with Crippen LogP contribution in [0.2, 0.25) is 0 Å². The second-order valence-corrected chi connectivity index (χ2v) is 6.67. The van der Waals surface area contributed by atoms with Crippen molar-refractivity contribution in [3.05, 3.63) is 51.3 Å². The molecule has 4 nitrogen and oxygen atoms in total. The molecule has 2 N–H and O–H groups in total. The first kappa shape index (κ1) is 15.7. The minimum Gasteiger partial charge on any atom is -0.477 e. The average molecular weight is 368 g/mol. The van der Waals surface area contributed by atoms with Gasteiger partial charge in [-0.15, -0.1) is 11.3 Å². The van der Waals surface area contributed by atoms with Crippen LogP contribution in [0.3, 0.4) is 0 Å². The molecular weight excluding hydrogens is 354 g/mol. The number of rotatable bonds is 5. The van der Waals surface area contributed by atoms with Gasteiger partial charge in [0, 0.05) is 10.9 Å². The third kappa shape index (κ3) is 4.41. The van der Waals surface area contributed by atoms with Crippen molar-refractivity contribution in [3.8, 4) is 0 Å². The molecule has 6 heteroatoms. The number of anilines is 1. The highest BCUT2D eigenvalue weighted by Crippen LogP contribution is 2.24. The zero-order valence-corrected chi connectivity index (χ0v) is 13.7. The smallest absolute Gasteiger partial charge is 0.345 e. The maximum atomic E-state index is 12.0. The van der Waals surface area contributed by atoms with Gasteiger partial charge in [-0.2, -0.15) is 0 Å². The van der Waals surface area contributed by atoms with E-state index in [9.17, 15) is 9.59 Å². The molecule has 0 aliphatic carbocycles. The molecule has 1 aromatic heterocycles. The summed E-state index contributed by atoms with van der Waals surface area (Å²) in [5.41, 5.74) is 1.09. The number of carbonyl (C=O) groups excluding carboxylic acids is 1. The molecule has 0 aliphatic heterocycles. The van der Waals surface area contributed by atoms with Gasteiger partial charge in [0.05, 0.1) is 5.00 Å². The standard InChI is InChI=1S/C15H14BrNO3S/c1-9(10-2-4-11(16)5-3-10)8-13(18)17-14-7-6-12(21-14)15(19)20/h2-7,9H,8H2,1H3,(H,17,18)(H,19,20). The summed E-state index contributed by atoms with van der Waals surface area (Å²) < 4.78 is 1.00. The van der Waals surface area contributed by atoms with Crippen LogP contribution in [0.1, 0.15) is 34.5 Å². The van der Waals surface area contributed by atoms with Gasteiger partial charge < -0.3 is 10.4 Å². The molecule has 0 fully saturated rings. The first-order valence-corrected chi connectivity index (χ1v) is 7.95. The molecular formula is C15H14BrNO3S. The summed E-state index contributed by atoms with van der Waals surface area (Å²) in [5, 5.41) is 12.1.